The van der Waals surface area contributed by atoms with Gasteiger partial charge in [0.25, 0.3) is 0 Å². The zero-order valence-electron chi connectivity index (χ0n) is 9.82. The van der Waals surface area contributed by atoms with Crippen molar-refractivity contribution < 1.29 is 5.11 Å². The third-order valence-electron chi connectivity index (χ3n) is 3.43. The molecule has 2 N–H and O–H groups in total. The lowest BCUT2D eigenvalue weighted by atomic mass is 9.88. The van der Waals surface area contributed by atoms with Crippen molar-refractivity contribution in [3.05, 3.63) is 30.3 Å². The second kappa shape index (κ2) is 4.85. The van der Waals surface area contributed by atoms with E-state index in [1.807, 2.05) is 18.2 Å². The molecule has 0 radical (unpaired) electrons. The Morgan fingerprint density at radius 1 is 1.25 bits per heavy atom. The van der Waals surface area contributed by atoms with Crippen LogP contribution in [0.1, 0.15) is 12.8 Å². The molecule has 0 amide bonds. The Hall–Kier alpha value is -1.06. The minimum atomic E-state index is -0.131. The summed E-state index contributed by atoms with van der Waals surface area (Å²) in [6.07, 6.45) is 1.99. The molecule has 1 aliphatic rings. The Labute approximate surface area is 97.1 Å². The van der Waals surface area contributed by atoms with Crippen LogP contribution >= 0.6 is 0 Å². The maximum Gasteiger partial charge on any atom is 0.0662 e. The van der Waals surface area contributed by atoms with Gasteiger partial charge >= 0.3 is 0 Å². The van der Waals surface area contributed by atoms with Crippen LogP contribution in [0.25, 0.3) is 0 Å². The summed E-state index contributed by atoms with van der Waals surface area (Å²) >= 11 is 0. The highest BCUT2D eigenvalue weighted by atomic mass is 16.3. The monoisotopic (exact) mass is 220 g/mol. The molecule has 1 fully saturated rings. The lowest BCUT2D eigenvalue weighted by molar-refractivity contribution is 0.133. The van der Waals surface area contributed by atoms with Gasteiger partial charge in [0.15, 0.2) is 0 Å². The molecule has 1 saturated heterocycles. The second-order valence-electron chi connectivity index (χ2n) is 4.73. The van der Waals surface area contributed by atoms with Crippen molar-refractivity contribution in [3.63, 3.8) is 0 Å². The van der Waals surface area contributed by atoms with Gasteiger partial charge in [-0.15, -0.1) is 0 Å². The minimum absolute atomic E-state index is 0.131. The third-order valence-corrected chi connectivity index (χ3v) is 3.43. The fraction of sp³-hybridized carbons (Fsp3) is 0.538. The van der Waals surface area contributed by atoms with Crippen molar-refractivity contribution in [2.24, 2.45) is 0 Å². The third kappa shape index (κ3) is 2.54. The second-order valence-corrected chi connectivity index (χ2v) is 4.73. The molecule has 0 saturated carbocycles. The smallest absolute Gasteiger partial charge is 0.0662 e. The maximum absolute atomic E-state index is 9.61. The fourth-order valence-electron chi connectivity index (χ4n) is 2.20. The molecule has 0 bridgehead atoms. The largest absolute Gasteiger partial charge is 0.394 e. The van der Waals surface area contributed by atoms with Gasteiger partial charge in [0.05, 0.1) is 12.1 Å². The summed E-state index contributed by atoms with van der Waals surface area (Å²) in [5, 5.41) is 13.1. The number of para-hydroxylation sites is 1. The van der Waals surface area contributed by atoms with Crippen LogP contribution in [0, 0.1) is 0 Å². The van der Waals surface area contributed by atoms with Gasteiger partial charge in [-0.2, -0.15) is 0 Å². The number of hydrogen-bond acceptors (Lipinski definition) is 3. The lowest BCUT2D eigenvalue weighted by Crippen LogP contribution is -2.50. The molecule has 0 spiro atoms. The van der Waals surface area contributed by atoms with E-state index in [1.165, 1.54) is 0 Å². The number of anilines is 1. The number of nitrogens with one attached hydrogen (secondary N) is 1. The van der Waals surface area contributed by atoms with Crippen LogP contribution in [0.3, 0.4) is 0 Å². The highest BCUT2D eigenvalue weighted by Gasteiger charge is 2.32. The Bertz CT molecular complexity index is 318. The summed E-state index contributed by atoms with van der Waals surface area (Å²) < 4.78 is 0. The molecule has 0 atom stereocenters. The number of aliphatic hydroxyl groups excluding tert-OH is 1. The van der Waals surface area contributed by atoms with Gasteiger partial charge in [-0.25, -0.2) is 0 Å². The molecule has 0 aromatic heterocycles. The molecule has 2 rings (SSSR count). The van der Waals surface area contributed by atoms with Gasteiger partial charge < -0.3 is 15.3 Å². The number of likely N-dealkylation sites (tertiary alicyclic amines) is 1. The summed E-state index contributed by atoms with van der Waals surface area (Å²) in [5.74, 6) is 0. The van der Waals surface area contributed by atoms with Crippen molar-refractivity contribution in [2.75, 3.05) is 32.1 Å². The summed E-state index contributed by atoms with van der Waals surface area (Å²) in [7, 11) is 2.13. The average molecular weight is 220 g/mol. The van der Waals surface area contributed by atoms with E-state index in [0.29, 0.717) is 0 Å². The van der Waals surface area contributed by atoms with E-state index in [2.05, 4.69) is 29.4 Å². The zero-order valence-corrected chi connectivity index (χ0v) is 9.82. The molecule has 1 aromatic rings. The van der Waals surface area contributed by atoms with Gasteiger partial charge in [-0.3, -0.25) is 0 Å². The van der Waals surface area contributed by atoms with Crippen LogP contribution < -0.4 is 5.32 Å². The van der Waals surface area contributed by atoms with E-state index in [4.69, 9.17) is 0 Å². The highest BCUT2D eigenvalue weighted by Crippen LogP contribution is 2.25. The van der Waals surface area contributed by atoms with Crippen LogP contribution in [0.4, 0.5) is 5.69 Å². The number of aliphatic hydroxyl groups is 1. The molecule has 88 valence electrons. The molecular formula is C13H20N2O. The summed E-state index contributed by atoms with van der Waals surface area (Å²) in [6, 6.07) is 10.1. The number of piperidine rings is 1. The van der Waals surface area contributed by atoms with Gasteiger partial charge in [-0.1, -0.05) is 18.2 Å². The van der Waals surface area contributed by atoms with Crippen LogP contribution in [0.2, 0.25) is 0 Å². The van der Waals surface area contributed by atoms with Crippen LogP contribution in [0.15, 0.2) is 30.3 Å². The van der Waals surface area contributed by atoms with E-state index in [0.717, 1.165) is 31.6 Å². The molecule has 3 nitrogen and oxygen atoms in total. The van der Waals surface area contributed by atoms with Gasteiger partial charge in [0.1, 0.15) is 0 Å². The van der Waals surface area contributed by atoms with Gasteiger partial charge in [-0.05, 0) is 32.0 Å². The van der Waals surface area contributed by atoms with E-state index in [9.17, 15) is 5.11 Å². The van der Waals surface area contributed by atoms with Crippen LogP contribution in [0.5, 0.6) is 0 Å². The van der Waals surface area contributed by atoms with Crippen LogP contribution in [-0.2, 0) is 0 Å². The maximum atomic E-state index is 9.61. The summed E-state index contributed by atoms with van der Waals surface area (Å²) in [4.78, 5) is 2.31. The standard InChI is InChI=1S/C13H20N2O/c1-15-9-7-13(11-16,8-10-15)14-12-5-3-2-4-6-12/h2-6,14,16H,7-11H2,1H3. The lowest BCUT2D eigenvalue weighted by Gasteiger charge is -2.40. The number of benzene rings is 1. The molecule has 1 heterocycles. The predicted octanol–water partition coefficient (Wildman–Crippen LogP) is 1.56. The first-order chi connectivity index (χ1) is 7.74. The van der Waals surface area contributed by atoms with Crippen molar-refractivity contribution in [2.45, 2.75) is 18.4 Å². The van der Waals surface area contributed by atoms with Gasteiger partial charge in [0.2, 0.25) is 0 Å². The topological polar surface area (TPSA) is 35.5 Å². The SMILES string of the molecule is CN1CCC(CO)(Nc2ccccc2)CC1. The fourth-order valence-corrected chi connectivity index (χ4v) is 2.20. The Balaban J connectivity index is 2.05. The van der Waals surface area contributed by atoms with Crippen molar-refractivity contribution >= 4 is 5.69 Å². The number of hydrogen-bond donors (Lipinski definition) is 2. The highest BCUT2D eigenvalue weighted by molar-refractivity contribution is 5.45. The van der Waals surface area contributed by atoms with E-state index in [1.54, 1.807) is 0 Å². The molecule has 3 heteroatoms. The quantitative estimate of drug-likeness (QED) is 0.811. The number of rotatable bonds is 3. The molecule has 1 aliphatic heterocycles. The van der Waals surface area contributed by atoms with Crippen molar-refractivity contribution in [1.29, 1.82) is 0 Å². The molecule has 0 aliphatic carbocycles. The Morgan fingerprint density at radius 3 is 2.44 bits per heavy atom. The van der Waals surface area contributed by atoms with E-state index in [-0.39, 0.29) is 12.1 Å². The molecular weight excluding hydrogens is 200 g/mol. The normalized spacial score (nSPS) is 20.6. The first kappa shape index (κ1) is 11.4. The molecule has 1 aromatic carbocycles. The predicted molar refractivity (Wildman–Crippen MR) is 66.6 cm³/mol. The first-order valence-corrected chi connectivity index (χ1v) is 5.87. The Kier molecular flexibility index (Phi) is 3.46. The number of nitrogens with zero attached hydrogens (tertiary/aromatic N) is 1. The van der Waals surface area contributed by atoms with E-state index >= 15 is 0 Å². The van der Waals surface area contributed by atoms with Gasteiger partial charge in [0, 0.05) is 18.8 Å². The summed E-state index contributed by atoms with van der Waals surface area (Å²) in [5.41, 5.74) is 0.967. The zero-order chi connectivity index (χ0) is 11.4. The Morgan fingerprint density at radius 2 is 1.88 bits per heavy atom. The minimum Gasteiger partial charge on any atom is -0.394 e. The van der Waals surface area contributed by atoms with Crippen molar-refractivity contribution in [1.82, 2.24) is 4.90 Å². The first-order valence-electron chi connectivity index (χ1n) is 5.87. The van der Waals surface area contributed by atoms with Crippen molar-refractivity contribution in [3.8, 4) is 0 Å². The average Bonchev–Trinajstić information content (AvgIpc) is 2.34. The molecule has 0 unspecified atom stereocenters. The molecule has 16 heavy (non-hydrogen) atoms. The van der Waals surface area contributed by atoms with E-state index < -0.39 is 0 Å². The van der Waals surface area contributed by atoms with Crippen LogP contribution in [-0.4, -0.2) is 42.3 Å². The summed E-state index contributed by atoms with van der Waals surface area (Å²) in [6.45, 7) is 2.29.